The summed E-state index contributed by atoms with van der Waals surface area (Å²) in [5.74, 6) is 0.00655. The quantitative estimate of drug-likeness (QED) is 0.481. The molecule has 6 heteroatoms. The molecule has 1 aliphatic rings. The number of fused-ring (bicyclic) bond motifs is 1. The van der Waals surface area contributed by atoms with Gasteiger partial charge in [-0.2, -0.15) is 5.10 Å². The van der Waals surface area contributed by atoms with Crippen molar-refractivity contribution in [3.8, 4) is 11.3 Å². The van der Waals surface area contributed by atoms with Crippen LogP contribution in [0.1, 0.15) is 40.2 Å². The number of carbonyl (C=O) groups excluding carboxylic acids is 1. The number of benzene rings is 1. The van der Waals surface area contributed by atoms with Crippen LogP contribution < -0.4 is 4.90 Å². The summed E-state index contributed by atoms with van der Waals surface area (Å²) >= 11 is 0. The third kappa shape index (κ3) is 3.38. The lowest BCUT2D eigenvalue weighted by molar-refractivity contribution is 0.0987. The zero-order valence-corrected chi connectivity index (χ0v) is 17.3. The van der Waals surface area contributed by atoms with E-state index in [1.165, 1.54) is 18.5 Å². The predicted molar refractivity (Wildman–Crippen MR) is 119 cm³/mol. The van der Waals surface area contributed by atoms with Crippen LogP contribution in [0.5, 0.6) is 0 Å². The van der Waals surface area contributed by atoms with Crippen molar-refractivity contribution in [2.24, 2.45) is 0 Å². The molecule has 0 aliphatic carbocycles. The van der Waals surface area contributed by atoms with E-state index in [2.05, 4.69) is 55.4 Å². The van der Waals surface area contributed by atoms with Crippen LogP contribution >= 0.6 is 0 Å². The first-order chi connectivity index (χ1) is 14.6. The van der Waals surface area contributed by atoms with Crippen LogP contribution in [0, 0.1) is 13.8 Å². The van der Waals surface area contributed by atoms with Gasteiger partial charge in [-0.05, 0) is 56.5 Å². The average molecular weight is 399 g/mol. The third-order valence-corrected chi connectivity index (χ3v) is 6.04. The number of aryl methyl sites for hydroxylation is 1. The standard InChI is InChI=1S/C24H25N5O/c1-15-16(2)27-28-23(15)22(30)11-17-10-19-13-21(26-24(19)25-14-17)18-6-5-7-20(12-18)29-8-3-4-9-29/h5-7,10,12-14H,3-4,8-9,11H2,1-2H3,(H,25,26)(H,27,28). The Morgan fingerprint density at radius 2 is 1.97 bits per heavy atom. The second-order valence-corrected chi connectivity index (χ2v) is 8.13. The van der Waals surface area contributed by atoms with Crippen molar-refractivity contribution < 1.29 is 4.79 Å². The van der Waals surface area contributed by atoms with Gasteiger partial charge in [0.25, 0.3) is 0 Å². The SMILES string of the molecule is Cc1[nH]nc(C(=O)Cc2cnc3[nH]c(-c4cccc(N5CCCC5)c4)cc3c2)c1C. The molecule has 0 saturated carbocycles. The highest BCUT2D eigenvalue weighted by Crippen LogP contribution is 2.29. The van der Waals surface area contributed by atoms with Gasteiger partial charge in [-0.1, -0.05) is 12.1 Å². The molecule has 2 N–H and O–H groups in total. The zero-order valence-electron chi connectivity index (χ0n) is 17.3. The van der Waals surface area contributed by atoms with Gasteiger partial charge in [-0.25, -0.2) is 4.98 Å². The van der Waals surface area contributed by atoms with Gasteiger partial charge in [0.15, 0.2) is 5.78 Å². The number of ketones is 1. The first-order valence-electron chi connectivity index (χ1n) is 10.5. The fraction of sp³-hybridized carbons (Fsp3) is 0.292. The fourth-order valence-corrected chi connectivity index (χ4v) is 4.18. The van der Waals surface area contributed by atoms with Crippen molar-refractivity contribution in [3.63, 3.8) is 0 Å². The Labute approximate surface area is 175 Å². The van der Waals surface area contributed by atoms with Gasteiger partial charge < -0.3 is 9.88 Å². The van der Waals surface area contributed by atoms with Crippen LogP contribution in [0.15, 0.2) is 42.6 Å². The number of carbonyl (C=O) groups is 1. The van der Waals surface area contributed by atoms with Crippen LogP contribution in [0.2, 0.25) is 0 Å². The minimum atomic E-state index is 0.00655. The van der Waals surface area contributed by atoms with Crippen molar-refractivity contribution in [1.29, 1.82) is 0 Å². The Morgan fingerprint density at radius 3 is 2.73 bits per heavy atom. The third-order valence-electron chi connectivity index (χ3n) is 6.04. The van der Waals surface area contributed by atoms with Gasteiger partial charge in [-0.3, -0.25) is 9.89 Å². The first-order valence-corrected chi connectivity index (χ1v) is 10.5. The van der Waals surface area contributed by atoms with Crippen molar-refractivity contribution in [3.05, 3.63) is 65.1 Å². The Balaban J connectivity index is 1.41. The number of hydrogen-bond acceptors (Lipinski definition) is 4. The van der Waals surface area contributed by atoms with Crippen LogP contribution in [0.25, 0.3) is 22.3 Å². The van der Waals surface area contributed by atoms with E-state index in [0.717, 1.165) is 52.2 Å². The lowest BCUT2D eigenvalue weighted by atomic mass is 10.0. The van der Waals surface area contributed by atoms with Gasteiger partial charge in [0.2, 0.25) is 0 Å². The van der Waals surface area contributed by atoms with Crippen molar-refractivity contribution in [1.82, 2.24) is 20.2 Å². The summed E-state index contributed by atoms with van der Waals surface area (Å²) in [5.41, 5.74) is 7.55. The van der Waals surface area contributed by atoms with Crippen molar-refractivity contribution >= 4 is 22.5 Å². The molecule has 1 saturated heterocycles. The lowest BCUT2D eigenvalue weighted by Gasteiger charge is -2.18. The molecule has 1 aromatic carbocycles. The molecule has 3 aromatic heterocycles. The van der Waals surface area contributed by atoms with Gasteiger partial charge in [-0.15, -0.1) is 0 Å². The summed E-state index contributed by atoms with van der Waals surface area (Å²) in [6, 6.07) is 12.8. The molecule has 4 aromatic rings. The number of Topliss-reactive ketones (excluding diaryl/α,β-unsaturated/α-hetero) is 1. The summed E-state index contributed by atoms with van der Waals surface area (Å²) in [6.45, 7) is 6.10. The average Bonchev–Trinajstić information content (AvgIpc) is 3.49. The van der Waals surface area contributed by atoms with E-state index < -0.39 is 0 Å². The first kappa shape index (κ1) is 18.6. The Hall–Kier alpha value is -3.41. The minimum Gasteiger partial charge on any atom is -0.372 e. The molecule has 0 amide bonds. The maximum Gasteiger partial charge on any atom is 0.187 e. The van der Waals surface area contributed by atoms with E-state index in [1.807, 2.05) is 19.9 Å². The Bertz CT molecular complexity index is 1230. The number of anilines is 1. The lowest BCUT2D eigenvalue weighted by Crippen LogP contribution is -2.17. The largest absolute Gasteiger partial charge is 0.372 e. The second-order valence-electron chi connectivity index (χ2n) is 8.13. The summed E-state index contributed by atoms with van der Waals surface area (Å²) < 4.78 is 0. The van der Waals surface area contributed by atoms with Crippen LogP contribution in [-0.2, 0) is 6.42 Å². The summed E-state index contributed by atoms with van der Waals surface area (Å²) in [7, 11) is 0. The molecule has 0 atom stereocenters. The highest BCUT2D eigenvalue weighted by atomic mass is 16.1. The number of rotatable bonds is 5. The van der Waals surface area contributed by atoms with Gasteiger partial charge in [0.1, 0.15) is 11.3 Å². The van der Waals surface area contributed by atoms with E-state index in [1.54, 1.807) is 6.20 Å². The number of hydrogen-bond donors (Lipinski definition) is 2. The van der Waals surface area contributed by atoms with Crippen LogP contribution in [-0.4, -0.2) is 39.0 Å². The summed E-state index contributed by atoms with van der Waals surface area (Å²) in [6.07, 6.45) is 4.59. The molecule has 5 rings (SSSR count). The van der Waals surface area contributed by atoms with Crippen molar-refractivity contribution in [2.75, 3.05) is 18.0 Å². The predicted octanol–water partition coefficient (Wildman–Crippen LogP) is 4.60. The Morgan fingerprint density at radius 1 is 1.13 bits per heavy atom. The highest BCUT2D eigenvalue weighted by Gasteiger charge is 2.16. The van der Waals surface area contributed by atoms with Crippen molar-refractivity contribution in [2.45, 2.75) is 33.1 Å². The molecular weight excluding hydrogens is 374 g/mol. The molecule has 0 radical (unpaired) electrons. The monoisotopic (exact) mass is 399 g/mol. The normalized spacial score (nSPS) is 14.0. The number of aromatic nitrogens is 4. The molecule has 0 unspecified atom stereocenters. The minimum absolute atomic E-state index is 0.00655. The molecule has 30 heavy (non-hydrogen) atoms. The number of nitrogens with one attached hydrogen (secondary N) is 2. The molecule has 0 bridgehead atoms. The summed E-state index contributed by atoms with van der Waals surface area (Å²) in [4.78, 5) is 23.1. The molecule has 1 fully saturated rings. The Kier molecular flexibility index (Phi) is 4.62. The van der Waals surface area contributed by atoms with E-state index in [0.29, 0.717) is 12.1 Å². The molecule has 152 valence electrons. The number of H-pyrrole nitrogens is 2. The highest BCUT2D eigenvalue weighted by molar-refractivity contribution is 5.97. The zero-order chi connectivity index (χ0) is 20.7. The maximum absolute atomic E-state index is 12.7. The van der Waals surface area contributed by atoms with Gasteiger partial charge in [0, 0.05) is 59.3 Å². The molecule has 0 spiro atoms. The van der Waals surface area contributed by atoms with Gasteiger partial charge in [0.05, 0.1) is 0 Å². The smallest absolute Gasteiger partial charge is 0.187 e. The summed E-state index contributed by atoms with van der Waals surface area (Å²) in [5, 5.41) is 8.05. The number of pyridine rings is 1. The molecule has 4 heterocycles. The van der Waals surface area contributed by atoms with E-state index in [9.17, 15) is 4.79 Å². The number of nitrogens with zero attached hydrogens (tertiary/aromatic N) is 3. The van der Waals surface area contributed by atoms with E-state index >= 15 is 0 Å². The van der Waals surface area contributed by atoms with Crippen LogP contribution in [0.3, 0.4) is 0 Å². The second kappa shape index (κ2) is 7.44. The van der Waals surface area contributed by atoms with E-state index in [4.69, 9.17) is 0 Å². The van der Waals surface area contributed by atoms with Gasteiger partial charge >= 0.3 is 0 Å². The fourth-order valence-electron chi connectivity index (χ4n) is 4.18. The van der Waals surface area contributed by atoms with E-state index in [-0.39, 0.29) is 5.78 Å². The topological polar surface area (TPSA) is 77.7 Å². The molecule has 1 aliphatic heterocycles. The molecule has 6 nitrogen and oxygen atoms in total. The maximum atomic E-state index is 12.7. The number of aromatic amines is 2. The van der Waals surface area contributed by atoms with Crippen LogP contribution in [0.4, 0.5) is 5.69 Å². The molecular formula is C24H25N5O.